The van der Waals surface area contributed by atoms with E-state index in [4.69, 9.17) is 0 Å². The van der Waals surface area contributed by atoms with E-state index < -0.39 is 11.5 Å². The summed E-state index contributed by atoms with van der Waals surface area (Å²) in [4.78, 5) is 26.4. The molecule has 0 aliphatic carbocycles. The molecule has 21 heavy (non-hydrogen) atoms. The maximum atomic E-state index is 12.5. The number of nitrogens with zero attached hydrogens (tertiary/aromatic N) is 3. The van der Waals surface area contributed by atoms with E-state index in [1.54, 1.807) is 11.8 Å². The van der Waals surface area contributed by atoms with Crippen LogP contribution in [0.4, 0.5) is 0 Å². The SMILES string of the molecule is Cc1nsnc1C(=O)N1CC[C@H](O)[C@@]2(CCCNC2=O)C1. The first-order valence-electron chi connectivity index (χ1n) is 7.09. The van der Waals surface area contributed by atoms with E-state index in [0.29, 0.717) is 37.3 Å². The molecule has 1 aromatic rings. The van der Waals surface area contributed by atoms with E-state index in [1.165, 1.54) is 0 Å². The zero-order valence-corrected chi connectivity index (χ0v) is 12.7. The molecule has 3 rings (SSSR count). The van der Waals surface area contributed by atoms with Gasteiger partial charge in [-0.15, -0.1) is 0 Å². The monoisotopic (exact) mass is 310 g/mol. The third kappa shape index (κ3) is 2.32. The fraction of sp³-hybridized carbons (Fsp3) is 0.692. The van der Waals surface area contributed by atoms with E-state index in [-0.39, 0.29) is 18.4 Å². The van der Waals surface area contributed by atoms with Crippen LogP contribution >= 0.6 is 11.7 Å². The molecule has 3 heterocycles. The van der Waals surface area contributed by atoms with Gasteiger partial charge in [-0.1, -0.05) is 0 Å². The molecule has 0 unspecified atom stereocenters. The highest BCUT2D eigenvalue weighted by Crippen LogP contribution is 2.37. The first-order valence-corrected chi connectivity index (χ1v) is 7.82. The Kier molecular flexibility index (Phi) is 3.66. The summed E-state index contributed by atoms with van der Waals surface area (Å²) in [6, 6.07) is 0. The molecule has 7 nitrogen and oxygen atoms in total. The number of likely N-dealkylation sites (tertiary alicyclic amines) is 1. The second-order valence-electron chi connectivity index (χ2n) is 5.75. The molecule has 2 atom stereocenters. The first-order chi connectivity index (χ1) is 10.0. The highest BCUT2D eigenvalue weighted by molar-refractivity contribution is 6.99. The number of hydrogen-bond acceptors (Lipinski definition) is 6. The molecule has 1 spiro atoms. The summed E-state index contributed by atoms with van der Waals surface area (Å²) in [7, 11) is 0. The van der Waals surface area contributed by atoms with Gasteiger partial charge < -0.3 is 15.3 Å². The largest absolute Gasteiger partial charge is 0.392 e. The summed E-state index contributed by atoms with van der Waals surface area (Å²) in [5.74, 6) is -0.349. The van der Waals surface area contributed by atoms with Gasteiger partial charge in [0.05, 0.1) is 28.9 Å². The van der Waals surface area contributed by atoms with Gasteiger partial charge in [0, 0.05) is 19.6 Å². The lowest BCUT2D eigenvalue weighted by Gasteiger charge is -2.46. The fourth-order valence-electron chi connectivity index (χ4n) is 3.19. The van der Waals surface area contributed by atoms with Crippen LogP contribution in [-0.2, 0) is 4.79 Å². The molecule has 1 aromatic heterocycles. The first kappa shape index (κ1) is 14.4. The molecule has 2 N–H and O–H groups in total. The average Bonchev–Trinajstić information content (AvgIpc) is 2.90. The van der Waals surface area contributed by atoms with Crippen LogP contribution in [0.25, 0.3) is 0 Å². The highest BCUT2D eigenvalue weighted by Gasteiger charge is 2.50. The third-order valence-corrected chi connectivity index (χ3v) is 5.08. The molecule has 2 fully saturated rings. The number of piperidine rings is 2. The number of aliphatic hydroxyl groups excluding tert-OH is 1. The number of amides is 2. The number of aryl methyl sites for hydroxylation is 1. The Balaban J connectivity index is 1.84. The number of nitrogens with one attached hydrogen (secondary N) is 1. The Labute approximate surface area is 126 Å². The van der Waals surface area contributed by atoms with Crippen molar-refractivity contribution in [1.82, 2.24) is 19.0 Å². The van der Waals surface area contributed by atoms with Gasteiger partial charge in [0.15, 0.2) is 5.69 Å². The van der Waals surface area contributed by atoms with Gasteiger partial charge in [-0.25, -0.2) is 0 Å². The van der Waals surface area contributed by atoms with Gasteiger partial charge in [-0.2, -0.15) is 8.75 Å². The van der Waals surface area contributed by atoms with Crippen LogP contribution in [0, 0.1) is 12.3 Å². The van der Waals surface area contributed by atoms with Gasteiger partial charge in [-0.05, 0) is 26.2 Å². The standard InChI is InChI=1S/C13H18N4O3S/c1-8-10(16-21-15-8)11(19)17-6-3-9(18)13(7-17)4-2-5-14-12(13)20/h9,18H,2-7H2,1H3,(H,14,20)/t9-,13+/m0/s1. The van der Waals surface area contributed by atoms with Gasteiger partial charge >= 0.3 is 0 Å². The van der Waals surface area contributed by atoms with Crippen molar-refractivity contribution >= 4 is 23.5 Å². The predicted molar refractivity (Wildman–Crippen MR) is 75.9 cm³/mol. The summed E-state index contributed by atoms with van der Waals surface area (Å²) >= 11 is 1.01. The quantitative estimate of drug-likeness (QED) is 0.758. The Hall–Kier alpha value is -1.54. The molecule has 0 bridgehead atoms. The van der Waals surface area contributed by atoms with E-state index in [2.05, 4.69) is 14.1 Å². The minimum atomic E-state index is -0.872. The molecule has 8 heteroatoms. The Morgan fingerprint density at radius 3 is 3.00 bits per heavy atom. The third-order valence-electron chi connectivity index (χ3n) is 4.46. The second-order valence-corrected chi connectivity index (χ2v) is 6.27. The number of hydrogen-bond donors (Lipinski definition) is 2. The summed E-state index contributed by atoms with van der Waals surface area (Å²) < 4.78 is 8.06. The van der Waals surface area contributed by atoms with Crippen LogP contribution in [0.1, 0.15) is 35.4 Å². The van der Waals surface area contributed by atoms with Crippen LogP contribution in [-0.4, -0.2) is 56.3 Å². The maximum absolute atomic E-state index is 12.5. The molecule has 2 amide bonds. The van der Waals surface area contributed by atoms with Crippen LogP contribution in [0.5, 0.6) is 0 Å². The Bertz CT molecular complexity index is 576. The van der Waals surface area contributed by atoms with Gasteiger partial charge in [0.2, 0.25) is 5.91 Å². The van der Waals surface area contributed by atoms with Crippen molar-refractivity contribution in [2.45, 2.75) is 32.3 Å². The van der Waals surface area contributed by atoms with Crippen LogP contribution in [0.15, 0.2) is 0 Å². The molecule has 0 radical (unpaired) electrons. The van der Waals surface area contributed by atoms with Crippen molar-refractivity contribution < 1.29 is 14.7 Å². The minimum absolute atomic E-state index is 0.146. The molecule has 0 saturated carbocycles. The summed E-state index contributed by atoms with van der Waals surface area (Å²) in [6.07, 6.45) is 1.15. The van der Waals surface area contributed by atoms with E-state index in [9.17, 15) is 14.7 Å². The fourth-order valence-corrected chi connectivity index (χ4v) is 3.73. The highest BCUT2D eigenvalue weighted by atomic mass is 32.1. The van der Waals surface area contributed by atoms with Crippen molar-refractivity contribution in [1.29, 1.82) is 0 Å². The maximum Gasteiger partial charge on any atom is 0.275 e. The summed E-state index contributed by atoms with van der Waals surface area (Å²) in [6.45, 7) is 3.07. The molecule has 0 aromatic carbocycles. The molecular weight excluding hydrogens is 292 g/mol. The number of carbonyl (C=O) groups excluding carboxylic acids is 2. The Morgan fingerprint density at radius 1 is 1.52 bits per heavy atom. The summed E-state index contributed by atoms with van der Waals surface area (Å²) in [5.41, 5.74) is 0.0878. The molecule has 2 saturated heterocycles. The van der Waals surface area contributed by atoms with Crippen LogP contribution < -0.4 is 5.32 Å². The van der Waals surface area contributed by atoms with Crippen molar-refractivity contribution in [3.63, 3.8) is 0 Å². The van der Waals surface area contributed by atoms with Crippen molar-refractivity contribution in [3.05, 3.63) is 11.4 Å². The number of aliphatic hydroxyl groups is 1. The predicted octanol–water partition coefficient (Wildman–Crippen LogP) is -0.0503. The number of aromatic nitrogens is 2. The lowest BCUT2D eigenvalue weighted by molar-refractivity contribution is -0.147. The van der Waals surface area contributed by atoms with Crippen LogP contribution in [0.3, 0.4) is 0 Å². The molecule has 2 aliphatic heterocycles. The smallest absolute Gasteiger partial charge is 0.275 e. The lowest BCUT2D eigenvalue weighted by atomic mass is 9.71. The molecule has 114 valence electrons. The van der Waals surface area contributed by atoms with Gasteiger partial charge in [0.1, 0.15) is 0 Å². The molecular formula is C13H18N4O3S. The Morgan fingerprint density at radius 2 is 2.33 bits per heavy atom. The number of carbonyl (C=O) groups is 2. The zero-order chi connectivity index (χ0) is 15.0. The minimum Gasteiger partial charge on any atom is -0.392 e. The summed E-state index contributed by atoms with van der Waals surface area (Å²) in [5, 5.41) is 13.1. The van der Waals surface area contributed by atoms with Crippen molar-refractivity contribution in [3.8, 4) is 0 Å². The van der Waals surface area contributed by atoms with Gasteiger partial charge in [-0.3, -0.25) is 9.59 Å². The van der Waals surface area contributed by atoms with E-state index >= 15 is 0 Å². The molecule has 2 aliphatic rings. The van der Waals surface area contributed by atoms with Crippen molar-refractivity contribution in [2.24, 2.45) is 5.41 Å². The van der Waals surface area contributed by atoms with Crippen LogP contribution in [0.2, 0.25) is 0 Å². The second kappa shape index (κ2) is 5.34. The number of rotatable bonds is 1. The normalized spacial score (nSPS) is 29.5. The van der Waals surface area contributed by atoms with Gasteiger partial charge in [0.25, 0.3) is 5.91 Å². The van der Waals surface area contributed by atoms with E-state index in [0.717, 1.165) is 18.1 Å². The average molecular weight is 310 g/mol. The van der Waals surface area contributed by atoms with E-state index in [1.807, 2.05) is 0 Å². The van der Waals surface area contributed by atoms with Crippen molar-refractivity contribution in [2.75, 3.05) is 19.6 Å². The zero-order valence-electron chi connectivity index (χ0n) is 11.8. The lowest BCUT2D eigenvalue weighted by Crippen LogP contribution is -2.62. The topological polar surface area (TPSA) is 95.4 Å².